The molecule has 0 radical (unpaired) electrons. The fourth-order valence-corrected chi connectivity index (χ4v) is 1.92. The minimum atomic E-state index is -0.744. The number of hydrogen-bond donors (Lipinski definition) is 1. The zero-order chi connectivity index (χ0) is 10.7. The summed E-state index contributed by atoms with van der Waals surface area (Å²) in [5.74, 6) is -0.102. The second kappa shape index (κ2) is 4.43. The number of rotatable bonds is 2. The maximum atomic E-state index is 12.9. The van der Waals surface area contributed by atoms with E-state index in [4.69, 9.17) is 0 Å². The third-order valence-corrected chi connectivity index (χ3v) is 2.74. The number of carbonyl (C=O) groups is 1. The van der Waals surface area contributed by atoms with Crippen LogP contribution in [-0.2, 0) is 0 Å². The quantitative estimate of drug-likeness (QED) is 0.792. The molecule has 2 atom stereocenters. The van der Waals surface area contributed by atoms with Crippen LogP contribution in [0.4, 0.5) is 4.39 Å². The molecular weight excluding hydrogens is 193 g/mol. The standard InChI is InChI=1S/C12H14FNO/c13-10-6-7-11(8-10)14-12(15)9-4-2-1-3-5-9/h1-5,10-11H,6-8H2,(H,14,15)/t10-,11-/m0/s1. The lowest BCUT2D eigenvalue weighted by molar-refractivity contribution is 0.0936. The van der Waals surface area contributed by atoms with Crippen molar-refractivity contribution >= 4 is 5.91 Å². The number of carbonyl (C=O) groups excluding carboxylic acids is 1. The SMILES string of the molecule is O=C(N[C@H]1CC[C@H](F)C1)c1ccccc1. The lowest BCUT2D eigenvalue weighted by Gasteiger charge is -2.11. The Morgan fingerprint density at radius 1 is 1.27 bits per heavy atom. The summed E-state index contributed by atoms with van der Waals surface area (Å²) in [6.45, 7) is 0. The molecule has 1 aromatic rings. The molecule has 1 amide bonds. The number of nitrogens with one attached hydrogen (secondary N) is 1. The van der Waals surface area contributed by atoms with Crippen molar-refractivity contribution in [1.29, 1.82) is 0 Å². The van der Waals surface area contributed by atoms with Gasteiger partial charge in [-0.05, 0) is 31.4 Å². The molecule has 15 heavy (non-hydrogen) atoms. The average Bonchev–Trinajstić information content (AvgIpc) is 2.65. The number of benzene rings is 1. The van der Waals surface area contributed by atoms with E-state index in [1.54, 1.807) is 12.1 Å². The van der Waals surface area contributed by atoms with Crippen LogP contribution < -0.4 is 5.32 Å². The van der Waals surface area contributed by atoms with Crippen LogP contribution in [0.15, 0.2) is 30.3 Å². The molecule has 3 heteroatoms. The predicted molar refractivity (Wildman–Crippen MR) is 56.4 cm³/mol. The monoisotopic (exact) mass is 207 g/mol. The fourth-order valence-electron chi connectivity index (χ4n) is 1.92. The molecule has 0 aromatic heterocycles. The molecule has 0 unspecified atom stereocenters. The molecule has 80 valence electrons. The Kier molecular flexibility index (Phi) is 2.99. The Balaban J connectivity index is 1.93. The van der Waals surface area contributed by atoms with Crippen molar-refractivity contribution in [1.82, 2.24) is 5.32 Å². The summed E-state index contributed by atoms with van der Waals surface area (Å²) in [7, 11) is 0. The lowest BCUT2D eigenvalue weighted by Crippen LogP contribution is -2.32. The molecule has 0 spiro atoms. The Hall–Kier alpha value is -1.38. The van der Waals surface area contributed by atoms with Crippen molar-refractivity contribution in [2.24, 2.45) is 0 Å². The molecule has 0 bridgehead atoms. The van der Waals surface area contributed by atoms with Crippen LogP contribution >= 0.6 is 0 Å². The van der Waals surface area contributed by atoms with E-state index in [1.807, 2.05) is 18.2 Å². The molecule has 2 rings (SSSR count). The van der Waals surface area contributed by atoms with Gasteiger partial charge in [0, 0.05) is 11.6 Å². The van der Waals surface area contributed by atoms with Gasteiger partial charge in [0.15, 0.2) is 0 Å². The number of amides is 1. The Morgan fingerprint density at radius 2 is 2.00 bits per heavy atom. The molecule has 1 saturated carbocycles. The molecule has 0 heterocycles. The Labute approximate surface area is 88.5 Å². The highest BCUT2D eigenvalue weighted by molar-refractivity contribution is 5.94. The highest BCUT2D eigenvalue weighted by Crippen LogP contribution is 2.21. The van der Waals surface area contributed by atoms with Crippen molar-refractivity contribution in [2.75, 3.05) is 0 Å². The fraction of sp³-hybridized carbons (Fsp3) is 0.417. The van der Waals surface area contributed by atoms with Crippen LogP contribution in [0, 0.1) is 0 Å². The van der Waals surface area contributed by atoms with Crippen LogP contribution in [0.1, 0.15) is 29.6 Å². The number of alkyl halides is 1. The number of hydrogen-bond acceptors (Lipinski definition) is 1. The normalized spacial score (nSPS) is 25.1. The maximum Gasteiger partial charge on any atom is 0.251 e. The molecule has 1 N–H and O–H groups in total. The summed E-state index contributed by atoms with van der Waals surface area (Å²) >= 11 is 0. The molecule has 0 saturated heterocycles. The van der Waals surface area contributed by atoms with Crippen molar-refractivity contribution in [3.63, 3.8) is 0 Å². The van der Waals surface area contributed by atoms with Gasteiger partial charge in [-0.25, -0.2) is 4.39 Å². The Bertz CT molecular complexity index is 339. The second-order valence-corrected chi connectivity index (χ2v) is 3.95. The molecule has 1 aliphatic carbocycles. The van der Waals surface area contributed by atoms with Crippen LogP contribution in [0.5, 0.6) is 0 Å². The van der Waals surface area contributed by atoms with Gasteiger partial charge in [-0.1, -0.05) is 18.2 Å². The van der Waals surface area contributed by atoms with Gasteiger partial charge in [0.25, 0.3) is 5.91 Å². The van der Waals surface area contributed by atoms with E-state index >= 15 is 0 Å². The first-order valence-corrected chi connectivity index (χ1v) is 5.25. The smallest absolute Gasteiger partial charge is 0.251 e. The molecule has 1 fully saturated rings. The van der Waals surface area contributed by atoms with Crippen molar-refractivity contribution in [2.45, 2.75) is 31.5 Å². The first-order valence-electron chi connectivity index (χ1n) is 5.25. The maximum absolute atomic E-state index is 12.9. The van der Waals surface area contributed by atoms with Crippen molar-refractivity contribution < 1.29 is 9.18 Å². The van der Waals surface area contributed by atoms with E-state index in [9.17, 15) is 9.18 Å². The molecule has 0 aliphatic heterocycles. The Morgan fingerprint density at radius 3 is 2.60 bits per heavy atom. The lowest BCUT2D eigenvalue weighted by atomic mass is 10.2. The zero-order valence-electron chi connectivity index (χ0n) is 8.45. The van der Waals surface area contributed by atoms with Gasteiger partial charge < -0.3 is 5.32 Å². The molecule has 2 nitrogen and oxygen atoms in total. The summed E-state index contributed by atoms with van der Waals surface area (Å²) in [5, 5.41) is 2.85. The summed E-state index contributed by atoms with van der Waals surface area (Å²) in [5.41, 5.74) is 0.639. The summed E-state index contributed by atoms with van der Waals surface area (Å²) < 4.78 is 12.9. The van der Waals surface area contributed by atoms with Crippen LogP contribution in [0.25, 0.3) is 0 Å². The van der Waals surface area contributed by atoms with Crippen LogP contribution in [-0.4, -0.2) is 18.1 Å². The third-order valence-electron chi connectivity index (χ3n) is 2.74. The van der Waals surface area contributed by atoms with E-state index < -0.39 is 6.17 Å². The zero-order valence-corrected chi connectivity index (χ0v) is 8.45. The highest BCUT2D eigenvalue weighted by Gasteiger charge is 2.25. The van der Waals surface area contributed by atoms with E-state index in [-0.39, 0.29) is 11.9 Å². The summed E-state index contributed by atoms with van der Waals surface area (Å²) in [6, 6.07) is 9.04. The van der Waals surface area contributed by atoms with Crippen molar-refractivity contribution in [3.8, 4) is 0 Å². The van der Waals surface area contributed by atoms with Gasteiger partial charge in [-0.2, -0.15) is 0 Å². The van der Waals surface area contributed by atoms with Gasteiger partial charge in [0.05, 0.1) is 0 Å². The number of halogens is 1. The van der Waals surface area contributed by atoms with Crippen LogP contribution in [0.2, 0.25) is 0 Å². The van der Waals surface area contributed by atoms with E-state index in [0.29, 0.717) is 18.4 Å². The molecular formula is C12H14FNO. The first kappa shape index (κ1) is 10.1. The highest BCUT2D eigenvalue weighted by atomic mass is 19.1. The van der Waals surface area contributed by atoms with E-state index in [2.05, 4.69) is 5.32 Å². The van der Waals surface area contributed by atoms with E-state index in [1.165, 1.54) is 0 Å². The van der Waals surface area contributed by atoms with Gasteiger partial charge in [0.1, 0.15) is 6.17 Å². The third kappa shape index (κ3) is 2.55. The molecule has 1 aliphatic rings. The predicted octanol–water partition coefficient (Wildman–Crippen LogP) is 2.31. The minimum Gasteiger partial charge on any atom is -0.349 e. The first-order chi connectivity index (χ1) is 7.25. The van der Waals surface area contributed by atoms with Gasteiger partial charge in [0.2, 0.25) is 0 Å². The van der Waals surface area contributed by atoms with Gasteiger partial charge in [-0.3, -0.25) is 4.79 Å². The summed E-state index contributed by atoms with van der Waals surface area (Å²) in [6.07, 6.45) is 1.03. The van der Waals surface area contributed by atoms with Crippen molar-refractivity contribution in [3.05, 3.63) is 35.9 Å². The summed E-state index contributed by atoms with van der Waals surface area (Å²) in [4.78, 5) is 11.7. The van der Waals surface area contributed by atoms with Gasteiger partial charge in [-0.15, -0.1) is 0 Å². The minimum absolute atomic E-state index is 0.00714. The van der Waals surface area contributed by atoms with Gasteiger partial charge >= 0.3 is 0 Å². The molecule has 1 aromatic carbocycles. The topological polar surface area (TPSA) is 29.1 Å². The van der Waals surface area contributed by atoms with E-state index in [0.717, 1.165) is 6.42 Å². The largest absolute Gasteiger partial charge is 0.349 e. The second-order valence-electron chi connectivity index (χ2n) is 3.95. The average molecular weight is 207 g/mol. The van der Waals surface area contributed by atoms with Crippen LogP contribution in [0.3, 0.4) is 0 Å².